The number of nitrogens with zero attached hydrogens (tertiary/aromatic N) is 2. The van der Waals surface area contributed by atoms with E-state index in [1.807, 2.05) is 29.3 Å². The Morgan fingerprint density at radius 1 is 1.33 bits per heavy atom. The standard InChI is InChI=1S/C8H13NO3S.C5H11NO2/c10-13(11,12)8-4-7-9-5-2-1-3-6-9;1-6(2,3)4-5(7)8/h1-3,5H,4,6-8H2,(H,10,11,12);4H2,1-3H3. The minimum absolute atomic E-state index is 0.0694. The van der Waals surface area contributed by atoms with Crippen LogP contribution in [0.25, 0.3) is 0 Å². The van der Waals surface area contributed by atoms with Gasteiger partial charge in [0.1, 0.15) is 6.54 Å². The highest BCUT2D eigenvalue weighted by Gasteiger charge is 2.06. The molecular weight excluding hydrogens is 296 g/mol. The average Bonchev–Trinajstić information content (AvgIpc) is 2.26. The topological polar surface area (TPSA) is 97.7 Å². The number of carboxylic acid groups (broad SMARTS) is 1. The first-order chi connectivity index (χ1) is 9.49. The van der Waals surface area contributed by atoms with Crippen molar-refractivity contribution in [3.63, 3.8) is 0 Å². The molecule has 0 aliphatic carbocycles. The maximum absolute atomic E-state index is 10.4. The van der Waals surface area contributed by atoms with E-state index in [0.717, 1.165) is 6.54 Å². The van der Waals surface area contributed by atoms with Crippen molar-refractivity contribution in [1.82, 2.24) is 4.90 Å². The van der Waals surface area contributed by atoms with E-state index in [0.29, 0.717) is 17.4 Å². The molecule has 1 aliphatic rings. The molecule has 0 saturated heterocycles. The van der Waals surface area contributed by atoms with Crippen LogP contribution in [-0.4, -0.2) is 74.9 Å². The van der Waals surface area contributed by atoms with Crippen molar-refractivity contribution in [2.24, 2.45) is 0 Å². The minimum Gasteiger partial charge on any atom is -0.544 e. The van der Waals surface area contributed by atoms with Gasteiger partial charge in [0.2, 0.25) is 0 Å². The Balaban J connectivity index is 0.000000433. The van der Waals surface area contributed by atoms with E-state index in [1.54, 1.807) is 21.1 Å². The van der Waals surface area contributed by atoms with E-state index < -0.39 is 16.1 Å². The molecule has 0 spiro atoms. The largest absolute Gasteiger partial charge is 0.544 e. The van der Waals surface area contributed by atoms with Gasteiger partial charge in [-0.2, -0.15) is 8.42 Å². The quantitative estimate of drug-likeness (QED) is 0.503. The second-order valence-electron chi connectivity index (χ2n) is 5.72. The summed E-state index contributed by atoms with van der Waals surface area (Å²) in [6.45, 7) is 1.53. The van der Waals surface area contributed by atoms with Crippen LogP contribution in [0.3, 0.4) is 0 Å². The second-order valence-corrected chi connectivity index (χ2v) is 7.30. The number of carbonyl (C=O) groups is 1. The Labute approximate surface area is 126 Å². The fourth-order valence-corrected chi connectivity index (χ4v) is 2.00. The van der Waals surface area contributed by atoms with Gasteiger partial charge >= 0.3 is 0 Å². The summed E-state index contributed by atoms with van der Waals surface area (Å²) in [6.07, 6.45) is 8.20. The van der Waals surface area contributed by atoms with Crippen molar-refractivity contribution in [3.8, 4) is 0 Å². The molecule has 0 aromatic heterocycles. The number of hydrogen-bond acceptors (Lipinski definition) is 5. The fourth-order valence-electron chi connectivity index (χ4n) is 1.51. The monoisotopic (exact) mass is 320 g/mol. The number of hydrogen-bond donors (Lipinski definition) is 1. The Morgan fingerprint density at radius 3 is 2.29 bits per heavy atom. The molecule has 0 fully saturated rings. The molecule has 0 atom stereocenters. The average molecular weight is 320 g/mol. The molecule has 0 unspecified atom stereocenters. The smallest absolute Gasteiger partial charge is 0.264 e. The van der Waals surface area contributed by atoms with Crippen molar-refractivity contribution >= 4 is 16.1 Å². The summed E-state index contributed by atoms with van der Waals surface area (Å²) < 4.78 is 29.6. The van der Waals surface area contributed by atoms with Crippen LogP contribution < -0.4 is 5.11 Å². The Morgan fingerprint density at radius 2 is 1.95 bits per heavy atom. The molecule has 7 nitrogen and oxygen atoms in total. The molecule has 122 valence electrons. The third-order valence-corrected chi connectivity index (χ3v) is 3.14. The Bertz CT molecular complexity index is 477. The lowest BCUT2D eigenvalue weighted by Gasteiger charge is -2.23. The van der Waals surface area contributed by atoms with Gasteiger partial charge in [0.05, 0.1) is 32.9 Å². The summed E-state index contributed by atoms with van der Waals surface area (Å²) in [7, 11) is 1.61. The molecule has 0 amide bonds. The first kappa shape index (κ1) is 19.6. The summed E-state index contributed by atoms with van der Waals surface area (Å²) in [5, 5.41) is 9.89. The van der Waals surface area contributed by atoms with Crippen LogP contribution in [0.5, 0.6) is 0 Å². The van der Waals surface area contributed by atoms with Gasteiger partial charge in [0.15, 0.2) is 0 Å². The number of carbonyl (C=O) groups excluding carboxylic acids is 1. The van der Waals surface area contributed by atoms with Crippen molar-refractivity contribution < 1.29 is 27.4 Å². The van der Waals surface area contributed by atoms with Crippen LogP contribution in [0.15, 0.2) is 24.4 Å². The van der Waals surface area contributed by atoms with Gasteiger partial charge in [-0.25, -0.2) is 0 Å². The first-order valence-corrected chi connectivity index (χ1v) is 8.13. The van der Waals surface area contributed by atoms with Crippen LogP contribution >= 0.6 is 0 Å². The zero-order chi connectivity index (χ0) is 16.5. The zero-order valence-electron chi connectivity index (χ0n) is 12.7. The molecule has 1 rings (SSSR count). The molecule has 8 heteroatoms. The Kier molecular flexibility index (Phi) is 8.23. The van der Waals surface area contributed by atoms with E-state index >= 15 is 0 Å². The molecule has 0 radical (unpaired) electrons. The summed E-state index contributed by atoms with van der Waals surface area (Å²) >= 11 is 0. The molecular formula is C13H24N2O5S. The van der Waals surface area contributed by atoms with Crippen LogP contribution in [0, 0.1) is 0 Å². The molecule has 0 aromatic rings. The van der Waals surface area contributed by atoms with Crippen molar-refractivity contribution in [2.45, 2.75) is 6.42 Å². The predicted molar refractivity (Wildman–Crippen MR) is 78.8 cm³/mol. The van der Waals surface area contributed by atoms with Crippen LogP contribution in [0.2, 0.25) is 0 Å². The van der Waals surface area contributed by atoms with E-state index in [4.69, 9.17) is 4.55 Å². The highest BCUT2D eigenvalue weighted by Crippen LogP contribution is 2.00. The fraction of sp³-hybridized carbons (Fsp3) is 0.615. The van der Waals surface area contributed by atoms with Crippen molar-refractivity contribution in [2.75, 3.05) is 46.5 Å². The van der Waals surface area contributed by atoms with Crippen molar-refractivity contribution in [3.05, 3.63) is 24.4 Å². The number of rotatable bonds is 6. The van der Waals surface area contributed by atoms with Gasteiger partial charge in [-0.1, -0.05) is 12.2 Å². The molecule has 0 saturated carbocycles. The van der Waals surface area contributed by atoms with Gasteiger partial charge in [-0.05, 0) is 18.7 Å². The normalized spacial score (nSPS) is 14.6. The highest BCUT2D eigenvalue weighted by atomic mass is 32.2. The Hall–Kier alpha value is -1.38. The third-order valence-electron chi connectivity index (χ3n) is 2.34. The summed E-state index contributed by atoms with van der Waals surface area (Å²) in [4.78, 5) is 11.9. The summed E-state index contributed by atoms with van der Waals surface area (Å²) in [5.74, 6) is -1.17. The van der Waals surface area contributed by atoms with Crippen LogP contribution in [0.4, 0.5) is 0 Å². The molecule has 21 heavy (non-hydrogen) atoms. The van der Waals surface area contributed by atoms with Gasteiger partial charge in [-0.15, -0.1) is 0 Å². The van der Waals surface area contributed by atoms with E-state index in [9.17, 15) is 18.3 Å². The van der Waals surface area contributed by atoms with E-state index in [-0.39, 0.29) is 12.3 Å². The number of aliphatic carboxylic acids is 1. The van der Waals surface area contributed by atoms with Crippen molar-refractivity contribution in [1.29, 1.82) is 0 Å². The molecule has 1 heterocycles. The lowest BCUT2D eigenvalue weighted by molar-refractivity contribution is -0.864. The molecule has 1 N–H and O–H groups in total. The predicted octanol–water partition coefficient (Wildman–Crippen LogP) is -0.908. The number of likely N-dealkylation sites (N-methyl/N-ethyl adjacent to an activating group) is 1. The second kappa shape index (κ2) is 8.81. The number of allylic oxidation sites excluding steroid dienone is 2. The minimum atomic E-state index is -3.79. The molecule has 1 aliphatic heterocycles. The van der Waals surface area contributed by atoms with Crippen LogP contribution in [0.1, 0.15) is 6.42 Å². The maximum Gasteiger partial charge on any atom is 0.264 e. The van der Waals surface area contributed by atoms with Gasteiger partial charge in [-0.3, -0.25) is 4.55 Å². The van der Waals surface area contributed by atoms with Crippen LogP contribution in [-0.2, 0) is 14.9 Å². The lowest BCUT2D eigenvalue weighted by atomic mass is 10.3. The lowest BCUT2D eigenvalue weighted by Crippen LogP contribution is -2.45. The molecule has 0 aromatic carbocycles. The van der Waals surface area contributed by atoms with Gasteiger partial charge in [0.25, 0.3) is 10.1 Å². The zero-order valence-corrected chi connectivity index (χ0v) is 13.5. The third kappa shape index (κ3) is 14.8. The van der Waals surface area contributed by atoms with E-state index in [1.165, 1.54) is 0 Å². The van der Waals surface area contributed by atoms with Gasteiger partial charge in [0, 0.05) is 13.1 Å². The highest BCUT2D eigenvalue weighted by molar-refractivity contribution is 7.85. The number of quaternary nitrogens is 1. The number of carboxylic acids is 1. The maximum atomic E-state index is 10.4. The summed E-state index contributed by atoms with van der Waals surface area (Å²) in [6, 6.07) is 0. The SMILES string of the molecule is C[N+](C)(C)CC(=O)[O-].O=S(=O)(O)CCCN1C=CC=CC1. The summed E-state index contributed by atoms with van der Waals surface area (Å²) in [5.41, 5.74) is 0. The first-order valence-electron chi connectivity index (χ1n) is 6.52. The van der Waals surface area contributed by atoms with Gasteiger partial charge < -0.3 is 19.3 Å². The van der Waals surface area contributed by atoms with E-state index in [2.05, 4.69) is 0 Å². The molecule has 0 bridgehead atoms.